The zero-order chi connectivity index (χ0) is 17.6. The Morgan fingerprint density at radius 2 is 1.88 bits per heavy atom. The van der Waals surface area contributed by atoms with Gasteiger partial charge in [0.1, 0.15) is 6.61 Å². The minimum absolute atomic E-state index is 0.0706. The molecule has 1 aromatic carbocycles. The van der Waals surface area contributed by atoms with E-state index in [1.165, 1.54) is 0 Å². The van der Waals surface area contributed by atoms with Crippen molar-refractivity contribution >= 4 is 12.1 Å². The molecule has 0 saturated carbocycles. The molecule has 0 bridgehead atoms. The highest BCUT2D eigenvalue weighted by molar-refractivity contribution is 5.73. The number of likely N-dealkylation sites (tertiary alicyclic amines) is 1. The second-order valence-corrected chi connectivity index (χ2v) is 6.66. The normalized spacial score (nSPS) is 24.7. The van der Waals surface area contributed by atoms with Crippen molar-refractivity contribution in [2.75, 3.05) is 39.3 Å². The molecule has 0 spiro atoms. The van der Waals surface area contributed by atoms with Crippen LogP contribution in [0, 0.1) is 5.92 Å². The molecular weight excluding hydrogens is 322 g/mol. The Hall–Kier alpha value is -2.12. The van der Waals surface area contributed by atoms with E-state index in [-0.39, 0.29) is 19.2 Å². The minimum Gasteiger partial charge on any atom is -0.481 e. The minimum atomic E-state index is -0.847. The van der Waals surface area contributed by atoms with Gasteiger partial charge in [-0.2, -0.15) is 0 Å². The standard InChI is InChI=1S/C18H25N3O4/c22-17(23)15-10-16(20-8-6-19-7-9-20)12-21(11-15)18(24)25-13-14-4-2-1-3-5-14/h1-5,15-16,19H,6-13H2,(H,22,23)/t15-,16+/m1/s1. The van der Waals surface area contributed by atoms with Crippen LogP contribution in [0.1, 0.15) is 12.0 Å². The lowest BCUT2D eigenvalue weighted by Crippen LogP contribution is -2.57. The molecular formula is C18H25N3O4. The summed E-state index contributed by atoms with van der Waals surface area (Å²) in [7, 11) is 0. The molecule has 2 fully saturated rings. The number of hydrogen-bond acceptors (Lipinski definition) is 5. The van der Waals surface area contributed by atoms with Gasteiger partial charge in [-0.25, -0.2) is 4.79 Å². The fourth-order valence-electron chi connectivity index (χ4n) is 3.52. The van der Waals surface area contributed by atoms with E-state index in [1.54, 1.807) is 4.90 Å². The molecule has 3 rings (SSSR count). The molecule has 2 saturated heterocycles. The van der Waals surface area contributed by atoms with Gasteiger partial charge in [0.15, 0.2) is 0 Å². The monoisotopic (exact) mass is 347 g/mol. The molecule has 2 heterocycles. The van der Waals surface area contributed by atoms with Crippen LogP contribution in [0.2, 0.25) is 0 Å². The predicted molar refractivity (Wildman–Crippen MR) is 92.2 cm³/mol. The third-order valence-corrected chi connectivity index (χ3v) is 4.91. The van der Waals surface area contributed by atoms with Crippen LogP contribution >= 0.6 is 0 Å². The number of piperidine rings is 1. The average Bonchev–Trinajstić information content (AvgIpc) is 2.67. The van der Waals surface area contributed by atoms with Crippen LogP contribution in [0.3, 0.4) is 0 Å². The Labute approximate surface area is 147 Å². The fraction of sp³-hybridized carbons (Fsp3) is 0.556. The number of carboxylic acid groups (broad SMARTS) is 1. The van der Waals surface area contributed by atoms with E-state index >= 15 is 0 Å². The number of aliphatic carboxylic acids is 1. The number of nitrogens with one attached hydrogen (secondary N) is 1. The molecule has 2 N–H and O–H groups in total. The van der Waals surface area contributed by atoms with Crippen molar-refractivity contribution in [2.24, 2.45) is 5.92 Å². The number of hydrogen-bond donors (Lipinski definition) is 2. The van der Waals surface area contributed by atoms with Crippen molar-refractivity contribution in [1.82, 2.24) is 15.1 Å². The number of benzene rings is 1. The van der Waals surface area contributed by atoms with E-state index in [4.69, 9.17) is 4.74 Å². The zero-order valence-electron chi connectivity index (χ0n) is 14.3. The lowest BCUT2D eigenvalue weighted by atomic mass is 9.93. The van der Waals surface area contributed by atoms with Gasteiger partial charge in [-0.15, -0.1) is 0 Å². The zero-order valence-corrected chi connectivity index (χ0v) is 14.3. The Kier molecular flexibility index (Phi) is 5.88. The summed E-state index contributed by atoms with van der Waals surface area (Å²) in [4.78, 5) is 27.8. The van der Waals surface area contributed by atoms with Crippen molar-refractivity contribution in [3.63, 3.8) is 0 Å². The van der Waals surface area contributed by atoms with Crippen molar-refractivity contribution in [2.45, 2.75) is 19.1 Å². The second-order valence-electron chi connectivity index (χ2n) is 6.66. The summed E-state index contributed by atoms with van der Waals surface area (Å²) in [6.45, 7) is 4.49. The fourth-order valence-corrected chi connectivity index (χ4v) is 3.52. The first-order valence-electron chi connectivity index (χ1n) is 8.76. The van der Waals surface area contributed by atoms with E-state index in [1.807, 2.05) is 30.3 Å². The van der Waals surface area contributed by atoms with E-state index in [0.29, 0.717) is 13.0 Å². The van der Waals surface area contributed by atoms with Crippen LogP contribution in [0.5, 0.6) is 0 Å². The first kappa shape index (κ1) is 17.7. The van der Waals surface area contributed by atoms with Crippen LogP contribution in [-0.2, 0) is 16.1 Å². The van der Waals surface area contributed by atoms with Gasteiger partial charge in [0.2, 0.25) is 0 Å². The number of nitrogens with zero attached hydrogens (tertiary/aromatic N) is 2. The summed E-state index contributed by atoms with van der Waals surface area (Å²) in [5.41, 5.74) is 0.918. The quantitative estimate of drug-likeness (QED) is 0.846. The highest BCUT2D eigenvalue weighted by Gasteiger charge is 2.37. The van der Waals surface area contributed by atoms with Gasteiger partial charge < -0.3 is 20.1 Å². The van der Waals surface area contributed by atoms with Gasteiger partial charge in [-0.3, -0.25) is 9.69 Å². The van der Waals surface area contributed by atoms with E-state index < -0.39 is 18.0 Å². The molecule has 1 amide bonds. The first-order chi connectivity index (χ1) is 12.1. The van der Waals surface area contributed by atoms with E-state index in [9.17, 15) is 14.7 Å². The Bertz CT molecular complexity index is 589. The van der Waals surface area contributed by atoms with E-state index in [2.05, 4.69) is 10.2 Å². The molecule has 2 atom stereocenters. The summed E-state index contributed by atoms with van der Waals surface area (Å²) < 4.78 is 5.39. The topological polar surface area (TPSA) is 82.1 Å². The first-order valence-corrected chi connectivity index (χ1v) is 8.76. The maximum absolute atomic E-state index is 12.4. The van der Waals surface area contributed by atoms with Crippen LogP contribution in [0.15, 0.2) is 30.3 Å². The Morgan fingerprint density at radius 3 is 2.56 bits per heavy atom. The van der Waals surface area contributed by atoms with Gasteiger partial charge in [-0.1, -0.05) is 30.3 Å². The molecule has 2 aliphatic rings. The predicted octanol–water partition coefficient (Wildman–Crippen LogP) is 1.00. The largest absolute Gasteiger partial charge is 0.481 e. The number of amides is 1. The molecule has 1 aromatic rings. The number of carbonyl (C=O) groups excluding carboxylic acids is 1. The van der Waals surface area contributed by atoms with Crippen molar-refractivity contribution in [3.8, 4) is 0 Å². The SMILES string of the molecule is O=C(O)[C@@H]1C[C@H](N2CCNCC2)CN(C(=O)OCc2ccccc2)C1. The molecule has 25 heavy (non-hydrogen) atoms. The summed E-state index contributed by atoms with van der Waals surface area (Å²) in [5, 5.41) is 12.7. The number of rotatable bonds is 4. The average molecular weight is 347 g/mol. The van der Waals surface area contributed by atoms with Crippen LogP contribution in [-0.4, -0.2) is 72.3 Å². The lowest BCUT2D eigenvalue weighted by molar-refractivity contribution is -0.144. The number of piperazine rings is 1. The van der Waals surface area contributed by atoms with Gasteiger partial charge in [0, 0.05) is 45.3 Å². The summed E-state index contributed by atoms with van der Waals surface area (Å²) >= 11 is 0. The molecule has 2 aliphatic heterocycles. The highest BCUT2D eigenvalue weighted by Crippen LogP contribution is 2.22. The van der Waals surface area contributed by atoms with Crippen LogP contribution < -0.4 is 5.32 Å². The third kappa shape index (κ3) is 4.70. The van der Waals surface area contributed by atoms with Crippen molar-refractivity contribution < 1.29 is 19.4 Å². The maximum atomic E-state index is 12.4. The molecule has 0 unspecified atom stereocenters. The maximum Gasteiger partial charge on any atom is 0.410 e. The molecule has 7 heteroatoms. The third-order valence-electron chi connectivity index (χ3n) is 4.91. The molecule has 136 valence electrons. The smallest absolute Gasteiger partial charge is 0.410 e. The molecule has 0 aromatic heterocycles. The summed E-state index contributed by atoms with van der Waals surface area (Å²) in [6.07, 6.45) is 0.146. The van der Waals surface area contributed by atoms with Gasteiger partial charge in [0.25, 0.3) is 0 Å². The molecule has 7 nitrogen and oxygen atoms in total. The number of carbonyl (C=O) groups is 2. The Balaban J connectivity index is 1.61. The Morgan fingerprint density at radius 1 is 1.16 bits per heavy atom. The van der Waals surface area contributed by atoms with E-state index in [0.717, 1.165) is 31.7 Å². The lowest BCUT2D eigenvalue weighted by Gasteiger charge is -2.42. The number of carboxylic acids is 1. The number of ether oxygens (including phenoxy) is 1. The van der Waals surface area contributed by atoms with Gasteiger partial charge in [0.05, 0.1) is 5.92 Å². The van der Waals surface area contributed by atoms with Crippen LogP contribution in [0.25, 0.3) is 0 Å². The molecule has 0 radical (unpaired) electrons. The second kappa shape index (κ2) is 8.31. The summed E-state index contributed by atoms with van der Waals surface area (Å²) in [6, 6.07) is 9.56. The highest BCUT2D eigenvalue weighted by atomic mass is 16.6. The molecule has 0 aliphatic carbocycles. The van der Waals surface area contributed by atoms with Gasteiger partial charge in [-0.05, 0) is 12.0 Å². The summed E-state index contributed by atoms with van der Waals surface area (Å²) in [5.74, 6) is -1.39. The van der Waals surface area contributed by atoms with Crippen LogP contribution in [0.4, 0.5) is 4.79 Å². The van der Waals surface area contributed by atoms with Crippen molar-refractivity contribution in [3.05, 3.63) is 35.9 Å². The van der Waals surface area contributed by atoms with Gasteiger partial charge >= 0.3 is 12.1 Å². The van der Waals surface area contributed by atoms with Crippen molar-refractivity contribution in [1.29, 1.82) is 0 Å².